The van der Waals surface area contributed by atoms with Crippen molar-refractivity contribution in [1.29, 1.82) is 0 Å². The molecule has 0 aliphatic rings. The van der Waals surface area contributed by atoms with E-state index in [1.54, 1.807) is 0 Å². The first-order valence-electron chi connectivity index (χ1n) is 4.18. The van der Waals surface area contributed by atoms with Crippen LogP contribution in [0.3, 0.4) is 0 Å². The smallest absolute Gasteiger partial charge is 0.166 e. The lowest BCUT2D eigenvalue weighted by atomic mass is 10.1. The highest BCUT2D eigenvalue weighted by atomic mass is 32.2. The second kappa shape index (κ2) is 5.26. The van der Waals surface area contributed by atoms with Crippen molar-refractivity contribution in [1.82, 2.24) is 0 Å². The summed E-state index contributed by atoms with van der Waals surface area (Å²) in [6.07, 6.45) is 4.94. The van der Waals surface area contributed by atoms with E-state index in [2.05, 4.69) is 12.8 Å². The van der Waals surface area contributed by atoms with Crippen molar-refractivity contribution < 1.29 is 17.6 Å². The molecule has 0 spiro atoms. The highest BCUT2D eigenvalue weighted by Gasteiger charge is 2.22. The number of hydrogen-bond acceptors (Lipinski definition) is 1. The predicted octanol–water partition coefficient (Wildman–Crippen LogP) is 3.29. The zero-order chi connectivity index (χ0) is 12.3. The Labute approximate surface area is 95.0 Å². The molecule has 16 heavy (non-hydrogen) atoms. The Morgan fingerprint density at radius 3 is 2.00 bits per heavy atom. The molecule has 1 aromatic rings. The second-order valence-electron chi connectivity index (χ2n) is 2.91. The fraction of sp³-hybridized carbons (Fsp3) is 0.182. The molecule has 0 bridgehead atoms. The van der Waals surface area contributed by atoms with Gasteiger partial charge in [-0.2, -0.15) is 0 Å². The number of terminal acetylenes is 1. The Balaban J connectivity index is 3.14. The summed E-state index contributed by atoms with van der Waals surface area (Å²) in [7, 11) is 0. The molecule has 1 radical (unpaired) electrons. The minimum Gasteiger partial charge on any atom is -0.203 e. The maximum Gasteiger partial charge on any atom is 0.166 e. The molecule has 0 aromatic heterocycles. The molecular weight excluding hydrogens is 240 g/mol. The second-order valence-corrected chi connectivity index (χ2v) is 3.90. The number of rotatable bonds is 3. The van der Waals surface area contributed by atoms with Gasteiger partial charge in [0.15, 0.2) is 23.3 Å². The van der Waals surface area contributed by atoms with Gasteiger partial charge in [-0.25, -0.2) is 17.6 Å². The molecule has 5 heteroatoms. The fourth-order valence-corrected chi connectivity index (χ4v) is 1.74. The van der Waals surface area contributed by atoms with E-state index in [0.717, 1.165) is 11.8 Å². The molecule has 85 valence electrons. The van der Waals surface area contributed by atoms with Crippen LogP contribution in [0.15, 0.2) is 0 Å². The van der Waals surface area contributed by atoms with Crippen molar-refractivity contribution >= 4 is 11.8 Å². The van der Waals surface area contributed by atoms with E-state index in [0.29, 0.717) is 0 Å². The number of hydrogen-bond donors (Lipinski definition) is 0. The molecule has 1 rings (SSSR count). The van der Waals surface area contributed by atoms with Crippen LogP contribution in [0.1, 0.15) is 11.1 Å². The van der Waals surface area contributed by atoms with E-state index in [9.17, 15) is 17.6 Å². The van der Waals surface area contributed by atoms with Gasteiger partial charge in [0.25, 0.3) is 0 Å². The summed E-state index contributed by atoms with van der Waals surface area (Å²) in [6.45, 7) is 2.91. The van der Waals surface area contributed by atoms with Gasteiger partial charge in [0, 0.05) is 16.9 Å². The van der Waals surface area contributed by atoms with Gasteiger partial charge in [-0.15, -0.1) is 18.2 Å². The minimum absolute atomic E-state index is 0.203. The van der Waals surface area contributed by atoms with Crippen LogP contribution in [-0.4, -0.2) is 5.75 Å². The maximum absolute atomic E-state index is 13.2. The van der Waals surface area contributed by atoms with E-state index in [-0.39, 0.29) is 11.5 Å². The fourth-order valence-electron chi connectivity index (χ4n) is 1.06. The van der Waals surface area contributed by atoms with Gasteiger partial charge in [-0.3, -0.25) is 0 Å². The molecule has 0 saturated carbocycles. The largest absolute Gasteiger partial charge is 0.203 e. The third-order valence-corrected chi connectivity index (χ3v) is 2.74. The number of benzene rings is 1. The lowest BCUT2D eigenvalue weighted by Crippen LogP contribution is -2.05. The molecule has 0 aliphatic heterocycles. The van der Waals surface area contributed by atoms with Crippen LogP contribution in [0.25, 0.3) is 0 Å². The van der Waals surface area contributed by atoms with Crippen molar-refractivity contribution in [2.45, 2.75) is 5.75 Å². The maximum atomic E-state index is 13.2. The van der Waals surface area contributed by atoms with E-state index >= 15 is 0 Å². The molecule has 0 nitrogen and oxygen atoms in total. The minimum atomic E-state index is -1.46. The van der Waals surface area contributed by atoms with Crippen molar-refractivity contribution in [3.8, 4) is 12.3 Å². The average molecular weight is 247 g/mol. The highest BCUT2D eigenvalue weighted by molar-refractivity contribution is 7.98. The Bertz CT molecular complexity index is 419. The van der Waals surface area contributed by atoms with Crippen molar-refractivity contribution in [3.05, 3.63) is 41.3 Å². The van der Waals surface area contributed by atoms with Gasteiger partial charge in [-0.05, 0) is 6.92 Å². The number of halogens is 4. The summed E-state index contributed by atoms with van der Waals surface area (Å²) in [5.74, 6) is -3.53. The first-order chi connectivity index (χ1) is 7.50. The SMILES string of the molecule is C#CCSCc1c(F)c(F)c([CH2])c(F)c1F. The average Bonchev–Trinajstić information content (AvgIpc) is 2.28. The van der Waals surface area contributed by atoms with Crippen LogP contribution in [0.5, 0.6) is 0 Å². The zero-order valence-corrected chi connectivity index (χ0v) is 8.94. The lowest BCUT2D eigenvalue weighted by molar-refractivity contribution is 0.439. The van der Waals surface area contributed by atoms with Crippen molar-refractivity contribution in [2.75, 3.05) is 5.75 Å². The van der Waals surface area contributed by atoms with Crippen molar-refractivity contribution in [2.24, 2.45) is 0 Å². The molecule has 1 aromatic carbocycles. The molecule has 0 aliphatic carbocycles. The van der Waals surface area contributed by atoms with E-state index in [1.165, 1.54) is 0 Å². The molecule has 0 heterocycles. The summed E-state index contributed by atoms with van der Waals surface area (Å²) >= 11 is 0.988. The van der Waals surface area contributed by atoms with Crippen LogP contribution in [0, 0.1) is 42.5 Å². The monoisotopic (exact) mass is 247 g/mol. The molecule has 0 N–H and O–H groups in total. The normalized spacial score (nSPS) is 10.2. The molecule has 0 atom stereocenters. The summed E-state index contributed by atoms with van der Waals surface area (Å²) < 4.78 is 52.6. The topological polar surface area (TPSA) is 0 Å². The third-order valence-electron chi connectivity index (χ3n) is 1.88. The van der Waals surface area contributed by atoms with Crippen LogP contribution in [0.4, 0.5) is 17.6 Å². The summed E-state index contributed by atoms with van der Waals surface area (Å²) in [4.78, 5) is 0. The van der Waals surface area contributed by atoms with Crippen LogP contribution in [-0.2, 0) is 5.75 Å². The van der Waals surface area contributed by atoms with Crippen LogP contribution < -0.4 is 0 Å². The molecule has 0 fully saturated rings. The van der Waals surface area contributed by atoms with Gasteiger partial charge >= 0.3 is 0 Å². The van der Waals surface area contributed by atoms with Gasteiger partial charge in [0.05, 0.1) is 5.75 Å². The number of thioether (sulfide) groups is 1. The summed E-state index contributed by atoms with van der Waals surface area (Å²) in [5, 5.41) is 0. The molecule has 0 amide bonds. The Kier molecular flexibility index (Phi) is 4.25. The first-order valence-corrected chi connectivity index (χ1v) is 5.34. The van der Waals surface area contributed by atoms with Crippen LogP contribution >= 0.6 is 11.8 Å². The highest BCUT2D eigenvalue weighted by Crippen LogP contribution is 2.26. The zero-order valence-electron chi connectivity index (χ0n) is 8.12. The van der Waals surface area contributed by atoms with Gasteiger partial charge < -0.3 is 0 Å². The van der Waals surface area contributed by atoms with E-state index < -0.39 is 34.4 Å². The molecular formula is C11H7F4S. The first kappa shape index (κ1) is 12.9. The quantitative estimate of drug-likeness (QED) is 0.342. The summed E-state index contributed by atoms with van der Waals surface area (Å²) in [6, 6.07) is 0. The summed E-state index contributed by atoms with van der Waals surface area (Å²) in [5.41, 5.74) is -1.55. The van der Waals surface area contributed by atoms with Gasteiger partial charge in [-0.1, -0.05) is 5.92 Å². The Morgan fingerprint density at radius 2 is 1.56 bits per heavy atom. The van der Waals surface area contributed by atoms with Crippen LogP contribution in [0.2, 0.25) is 0 Å². The van der Waals surface area contributed by atoms with E-state index in [1.807, 2.05) is 0 Å². The standard InChI is InChI=1S/C11H7F4S/c1-3-4-16-5-7-10(14)8(12)6(2)9(13)11(7)15/h1H,2,4-5H2. The molecule has 0 unspecified atom stereocenters. The lowest BCUT2D eigenvalue weighted by Gasteiger charge is -2.08. The predicted molar refractivity (Wildman–Crippen MR) is 55.7 cm³/mol. The van der Waals surface area contributed by atoms with Crippen molar-refractivity contribution in [3.63, 3.8) is 0 Å². The van der Waals surface area contributed by atoms with Gasteiger partial charge in [0.1, 0.15) is 0 Å². The Morgan fingerprint density at radius 1 is 1.06 bits per heavy atom. The van der Waals surface area contributed by atoms with E-state index in [4.69, 9.17) is 6.42 Å². The Hall–Kier alpha value is -1.15. The van der Waals surface area contributed by atoms with Gasteiger partial charge in [0.2, 0.25) is 0 Å². The molecule has 0 saturated heterocycles. The third kappa shape index (κ3) is 2.33.